The molecule has 0 bridgehead atoms. The quantitative estimate of drug-likeness (QED) is 0.467. The molecule has 0 fully saturated rings. The van der Waals surface area contributed by atoms with Gasteiger partial charge in [0.05, 0.1) is 23.7 Å². The van der Waals surface area contributed by atoms with Crippen molar-refractivity contribution in [3.8, 4) is 5.75 Å². The summed E-state index contributed by atoms with van der Waals surface area (Å²) in [6.45, 7) is 0. The van der Waals surface area contributed by atoms with Crippen LogP contribution in [-0.2, 0) is 0 Å². The molecule has 1 N–H and O–H groups in total. The van der Waals surface area contributed by atoms with E-state index in [2.05, 4.69) is 0 Å². The minimum absolute atomic E-state index is 0.0355. The zero-order chi connectivity index (χ0) is 12.3. The summed E-state index contributed by atoms with van der Waals surface area (Å²) in [5.74, 6) is -1.51. The third-order valence-corrected chi connectivity index (χ3v) is 1.90. The van der Waals surface area contributed by atoms with Gasteiger partial charge >= 0.3 is 5.97 Å². The molecule has 84 valence electrons. The zero-order valence-electron chi connectivity index (χ0n) is 8.17. The van der Waals surface area contributed by atoms with Crippen molar-refractivity contribution >= 4 is 17.9 Å². The lowest BCUT2D eigenvalue weighted by molar-refractivity contribution is -0.385. The van der Waals surface area contributed by atoms with Crippen molar-refractivity contribution in [2.24, 2.45) is 0 Å². The van der Waals surface area contributed by atoms with E-state index in [4.69, 9.17) is 9.84 Å². The average Bonchev–Trinajstić information content (AvgIpc) is 2.26. The molecule has 0 aliphatic rings. The van der Waals surface area contributed by atoms with Gasteiger partial charge in [-0.3, -0.25) is 14.9 Å². The van der Waals surface area contributed by atoms with E-state index >= 15 is 0 Å². The second kappa shape index (κ2) is 4.39. The van der Waals surface area contributed by atoms with Gasteiger partial charge in [-0.2, -0.15) is 0 Å². The molecule has 0 saturated heterocycles. The van der Waals surface area contributed by atoms with Gasteiger partial charge < -0.3 is 9.84 Å². The number of nitro groups is 1. The van der Waals surface area contributed by atoms with Crippen LogP contribution in [0, 0.1) is 10.1 Å². The molecule has 0 radical (unpaired) electrons. The molecule has 0 amide bonds. The van der Waals surface area contributed by atoms with Crippen LogP contribution in [0.3, 0.4) is 0 Å². The molecule has 0 aromatic heterocycles. The molecule has 7 heteroatoms. The maximum atomic E-state index is 10.7. The van der Waals surface area contributed by atoms with Gasteiger partial charge in [0.2, 0.25) is 0 Å². The number of carbonyl (C=O) groups is 2. The molecule has 0 unspecified atom stereocenters. The summed E-state index contributed by atoms with van der Waals surface area (Å²) >= 11 is 0. The summed E-state index contributed by atoms with van der Waals surface area (Å²) in [7, 11) is 1.23. The average molecular weight is 225 g/mol. The van der Waals surface area contributed by atoms with E-state index in [0.717, 1.165) is 12.1 Å². The Bertz CT molecular complexity index is 467. The van der Waals surface area contributed by atoms with Gasteiger partial charge in [-0.25, -0.2) is 4.79 Å². The lowest BCUT2D eigenvalue weighted by Crippen LogP contribution is -2.05. The lowest BCUT2D eigenvalue weighted by Gasteiger charge is -2.05. The number of nitro benzene ring substituents is 1. The first kappa shape index (κ1) is 11.6. The molecule has 0 spiro atoms. The van der Waals surface area contributed by atoms with E-state index in [0.29, 0.717) is 6.29 Å². The number of aldehydes is 1. The third kappa shape index (κ3) is 1.97. The van der Waals surface area contributed by atoms with E-state index in [9.17, 15) is 19.7 Å². The molecule has 0 aliphatic carbocycles. The van der Waals surface area contributed by atoms with Crippen LogP contribution < -0.4 is 4.74 Å². The number of hydrogen-bond donors (Lipinski definition) is 1. The smallest absolute Gasteiger partial charge is 0.342 e. The van der Waals surface area contributed by atoms with Gasteiger partial charge in [0.15, 0.2) is 6.29 Å². The Balaban J connectivity index is 3.53. The minimum Gasteiger partial charge on any atom is -0.496 e. The molecule has 0 aliphatic heterocycles. The standard InChI is InChI=1S/C9H7NO6/c1-16-8-3-7(10(14)15)6(9(12)13)2-5(8)4-11/h2-4H,1H3,(H,12,13). The van der Waals surface area contributed by atoms with Crippen LogP contribution in [0.25, 0.3) is 0 Å². The van der Waals surface area contributed by atoms with Gasteiger partial charge in [0.1, 0.15) is 11.3 Å². The highest BCUT2D eigenvalue weighted by Crippen LogP contribution is 2.27. The van der Waals surface area contributed by atoms with Gasteiger partial charge in [-0.05, 0) is 6.07 Å². The fourth-order valence-corrected chi connectivity index (χ4v) is 1.18. The van der Waals surface area contributed by atoms with Crippen molar-refractivity contribution in [2.75, 3.05) is 7.11 Å². The first-order valence-corrected chi connectivity index (χ1v) is 4.06. The normalized spacial score (nSPS) is 9.56. The maximum Gasteiger partial charge on any atom is 0.342 e. The number of aromatic carboxylic acids is 1. The topological polar surface area (TPSA) is 107 Å². The number of rotatable bonds is 4. The highest BCUT2D eigenvalue weighted by Gasteiger charge is 2.23. The van der Waals surface area contributed by atoms with E-state index < -0.39 is 22.1 Å². The molecule has 1 aromatic carbocycles. The maximum absolute atomic E-state index is 10.7. The Morgan fingerprint density at radius 3 is 2.56 bits per heavy atom. The number of carbonyl (C=O) groups excluding carboxylic acids is 1. The van der Waals surface area contributed by atoms with Crippen molar-refractivity contribution in [1.82, 2.24) is 0 Å². The van der Waals surface area contributed by atoms with Gasteiger partial charge in [0, 0.05) is 0 Å². The Labute approximate surface area is 89.4 Å². The number of carboxylic acid groups (broad SMARTS) is 1. The van der Waals surface area contributed by atoms with E-state index in [1.165, 1.54) is 7.11 Å². The second-order valence-electron chi connectivity index (χ2n) is 2.79. The molecular formula is C9H7NO6. The summed E-state index contributed by atoms with van der Waals surface area (Å²) < 4.78 is 4.73. The Morgan fingerprint density at radius 2 is 2.19 bits per heavy atom. The number of carboxylic acids is 1. The molecule has 0 saturated carbocycles. The van der Waals surface area contributed by atoms with Crippen LogP contribution in [0.1, 0.15) is 20.7 Å². The number of ether oxygens (including phenoxy) is 1. The number of hydrogen-bond acceptors (Lipinski definition) is 5. The highest BCUT2D eigenvalue weighted by molar-refractivity contribution is 5.95. The predicted molar refractivity (Wildman–Crippen MR) is 52.0 cm³/mol. The largest absolute Gasteiger partial charge is 0.496 e. The molecule has 16 heavy (non-hydrogen) atoms. The van der Waals surface area contributed by atoms with Gasteiger partial charge in [-0.15, -0.1) is 0 Å². The minimum atomic E-state index is -1.47. The van der Waals surface area contributed by atoms with Gasteiger partial charge in [0.25, 0.3) is 5.69 Å². The summed E-state index contributed by atoms with van der Waals surface area (Å²) in [6.07, 6.45) is 0.370. The van der Waals surface area contributed by atoms with Gasteiger partial charge in [-0.1, -0.05) is 0 Å². The van der Waals surface area contributed by atoms with Crippen LogP contribution in [0.5, 0.6) is 5.75 Å². The molecule has 7 nitrogen and oxygen atoms in total. The first-order valence-electron chi connectivity index (χ1n) is 4.06. The number of benzene rings is 1. The lowest BCUT2D eigenvalue weighted by atomic mass is 10.1. The van der Waals surface area contributed by atoms with Crippen molar-refractivity contribution < 1.29 is 24.4 Å². The summed E-state index contributed by atoms with van der Waals surface area (Å²) in [6, 6.07) is 1.82. The Morgan fingerprint density at radius 1 is 1.56 bits per heavy atom. The first-order chi connectivity index (χ1) is 7.51. The van der Waals surface area contributed by atoms with Crippen LogP contribution in [0.2, 0.25) is 0 Å². The monoisotopic (exact) mass is 225 g/mol. The Kier molecular flexibility index (Phi) is 3.19. The van der Waals surface area contributed by atoms with Crippen molar-refractivity contribution in [3.05, 3.63) is 33.4 Å². The SMILES string of the molecule is COc1cc([N+](=O)[O-])c(C(=O)O)cc1C=O. The molecule has 0 heterocycles. The van der Waals surface area contributed by atoms with Crippen molar-refractivity contribution in [2.45, 2.75) is 0 Å². The predicted octanol–water partition coefficient (Wildman–Crippen LogP) is 1.11. The van der Waals surface area contributed by atoms with Crippen molar-refractivity contribution in [1.29, 1.82) is 0 Å². The molecular weight excluding hydrogens is 218 g/mol. The zero-order valence-corrected chi connectivity index (χ0v) is 8.17. The van der Waals surface area contributed by atoms with Crippen molar-refractivity contribution in [3.63, 3.8) is 0 Å². The summed E-state index contributed by atoms with van der Waals surface area (Å²) in [5, 5.41) is 19.3. The summed E-state index contributed by atoms with van der Waals surface area (Å²) in [4.78, 5) is 31.1. The third-order valence-electron chi connectivity index (χ3n) is 1.90. The fraction of sp³-hybridized carbons (Fsp3) is 0.111. The Hall–Kier alpha value is -2.44. The fourth-order valence-electron chi connectivity index (χ4n) is 1.18. The van der Waals surface area contributed by atoms with Crippen LogP contribution in [-0.4, -0.2) is 29.4 Å². The van der Waals surface area contributed by atoms with Crippen LogP contribution in [0.15, 0.2) is 12.1 Å². The van der Waals surface area contributed by atoms with E-state index in [-0.39, 0.29) is 11.3 Å². The number of nitrogens with zero attached hydrogens (tertiary/aromatic N) is 1. The van der Waals surface area contributed by atoms with Crippen LogP contribution >= 0.6 is 0 Å². The highest BCUT2D eigenvalue weighted by atomic mass is 16.6. The molecule has 1 rings (SSSR count). The molecule has 1 aromatic rings. The van der Waals surface area contributed by atoms with E-state index in [1.54, 1.807) is 0 Å². The van der Waals surface area contributed by atoms with E-state index in [1.807, 2.05) is 0 Å². The second-order valence-corrected chi connectivity index (χ2v) is 2.79. The summed E-state index contributed by atoms with van der Waals surface area (Å²) in [5.41, 5.74) is -1.21. The van der Waals surface area contributed by atoms with Crippen LogP contribution in [0.4, 0.5) is 5.69 Å². The number of methoxy groups -OCH3 is 1. The molecule has 0 atom stereocenters.